The molecule has 1 spiro atoms. The van der Waals surface area contributed by atoms with Crippen molar-refractivity contribution in [3.8, 4) is 0 Å². The Labute approximate surface area is 146 Å². The minimum absolute atomic E-state index is 0.0363. The number of carbonyl (C=O) groups is 1. The van der Waals surface area contributed by atoms with Crippen LogP contribution in [-0.2, 0) is 9.63 Å². The number of halogens is 3. The third kappa shape index (κ3) is 3.21. The maximum atomic E-state index is 11.6. The van der Waals surface area contributed by atoms with Crippen LogP contribution in [0.25, 0.3) is 0 Å². The lowest BCUT2D eigenvalue weighted by Crippen LogP contribution is -2.56. The minimum atomic E-state index is -1.23. The molecule has 0 N–H and O–H groups in total. The van der Waals surface area contributed by atoms with Crippen LogP contribution < -0.4 is 0 Å². The zero-order valence-corrected chi connectivity index (χ0v) is 14.8. The van der Waals surface area contributed by atoms with E-state index >= 15 is 0 Å². The molecule has 3 fully saturated rings. The lowest BCUT2D eigenvalue weighted by molar-refractivity contribution is -0.221. The van der Waals surface area contributed by atoms with Gasteiger partial charge < -0.3 is 4.79 Å². The number of hydrogen-bond acceptors (Lipinski definition) is 3. The smallest absolute Gasteiger partial charge is 0.194 e. The summed E-state index contributed by atoms with van der Waals surface area (Å²) >= 11 is 17.3. The van der Waals surface area contributed by atoms with Crippen LogP contribution >= 0.6 is 34.8 Å². The van der Waals surface area contributed by atoms with E-state index in [1.54, 1.807) is 0 Å². The second kappa shape index (κ2) is 6.60. The number of fused-ring (bicyclic) bond motifs is 1. The summed E-state index contributed by atoms with van der Waals surface area (Å²) in [5.74, 6) is 0.0363. The first-order valence-corrected chi connectivity index (χ1v) is 9.23. The monoisotopic (exact) mass is 365 g/mol. The van der Waals surface area contributed by atoms with Crippen molar-refractivity contribution in [2.75, 3.05) is 0 Å². The fourth-order valence-corrected chi connectivity index (χ4v) is 4.71. The molecule has 3 nitrogen and oxygen atoms in total. The Morgan fingerprint density at radius 3 is 2.59 bits per heavy atom. The average Bonchev–Trinajstić information content (AvgIpc) is 2.63. The van der Waals surface area contributed by atoms with Crippen LogP contribution in [0.2, 0.25) is 0 Å². The van der Waals surface area contributed by atoms with Gasteiger partial charge >= 0.3 is 0 Å². The first-order chi connectivity index (χ1) is 10.5. The maximum absolute atomic E-state index is 11.6. The largest absolute Gasteiger partial charge is 0.303 e. The summed E-state index contributed by atoms with van der Waals surface area (Å²) in [7, 11) is 0. The van der Waals surface area contributed by atoms with E-state index in [0.717, 1.165) is 51.2 Å². The predicted octanol–water partition coefficient (Wildman–Crippen LogP) is 4.60. The Bertz CT molecular complexity index is 447. The number of hydrogen-bond donors (Lipinski definition) is 0. The highest BCUT2D eigenvalue weighted by Crippen LogP contribution is 2.52. The average molecular weight is 367 g/mol. The molecule has 22 heavy (non-hydrogen) atoms. The number of aldehydes is 1. The number of alkyl halides is 3. The summed E-state index contributed by atoms with van der Waals surface area (Å²) in [6.07, 6.45) is 13.0. The molecule has 2 heterocycles. The molecule has 4 atom stereocenters. The molecule has 0 amide bonds. The Kier molecular flexibility index (Phi) is 5.11. The number of nitrogens with zero attached hydrogens (tertiary/aromatic N) is 1. The molecule has 0 radical (unpaired) electrons. The fraction of sp³-hybridized carbons (Fsp3) is 0.812. The molecule has 3 aliphatic rings. The van der Waals surface area contributed by atoms with E-state index in [-0.39, 0.29) is 17.6 Å². The number of allylic oxidation sites excluding steroid dienone is 1. The van der Waals surface area contributed by atoms with Gasteiger partial charge in [-0.3, -0.25) is 4.84 Å². The Morgan fingerprint density at radius 1 is 1.18 bits per heavy atom. The van der Waals surface area contributed by atoms with Gasteiger partial charge in [0.25, 0.3) is 0 Å². The fourth-order valence-electron chi connectivity index (χ4n) is 4.44. The van der Waals surface area contributed by atoms with Crippen LogP contribution in [0.4, 0.5) is 0 Å². The number of piperidine rings is 1. The van der Waals surface area contributed by atoms with Gasteiger partial charge in [0.2, 0.25) is 0 Å². The molecule has 2 aliphatic heterocycles. The van der Waals surface area contributed by atoms with Crippen molar-refractivity contribution in [3.63, 3.8) is 0 Å². The molecule has 0 unspecified atom stereocenters. The maximum Gasteiger partial charge on any atom is 0.194 e. The SMILES string of the molecule is O=C[C@@H]1[C@@H]2CCC[C@]13CCC[C@@H](C/C=C\CC(Cl)(Cl)Cl)N3O2. The van der Waals surface area contributed by atoms with E-state index in [1.165, 1.54) is 0 Å². The minimum Gasteiger partial charge on any atom is -0.303 e. The number of carbonyl (C=O) groups excluding carboxylic acids is 1. The molecule has 3 rings (SSSR count). The normalized spacial score (nSPS) is 39.1. The van der Waals surface area contributed by atoms with Gasteiger partial charge in [0.1, 0.15) is 6.29 Å². The van der Waals surface area contributed by atoms with Gasteiger partial charge in [-0.1, -0.05) is 47.0 Å². The molecule has 124 valence electrons. The molecule has 1 saturated carbocycles. The Hall–Kier alpha value is 0.200. The van der Waals surface area contributed by atoms with Gasteiger partial charge in [-0.25, -0.2) is 0 Å². The zero-order chi connectivity index (χ0) is 15.8. The van der Waals surface area contributed by atoms with E-state index in [1.807, 2.05) is 6.08 Å². The van der Waals surface area contributed by atoms with E-state index in [0.29, 0.717) is 12.5 Å². The predicted molar refractivity (Wildman–Crippen MR) is 89.2 cm³/mol. The quantitative estimate of drug-likeness (QED) is 0.414. The molecule has 1 aliphatic carbocycles. The van der Waals surface area contributed by atoms with Gasteiger partial charge in [0.15, 0.2) is 3.79 Å². The van der Waals surface area contributed by atoms with Crippen LogP contribution in [0.15, 0.2) is 12.2 Å². The van der Waals surface area contributed by atoms with Gasteiger partial charge in [-0.15, -0.1) is 0 Å². The summed E-state index contributed by atoms with van der Waals surface area (Å²) in [6.45, 7) is 0. The third-order valence-corrected chi connectivity index (χ3v) is 5.82. The van der Waals surface area contributed by atoms with Crippen LogP contribution in [0.5, 0.6) is 0 Å². The molecular formula is C16H22Cl3NO2. The molecule has 0 aromatic carbocycles. The van der Waals surface area contributed by atoms with Crippen molar-refractivity contribution in [3.05, 3.63) is 12.2 Å². The van der Waals surface area contributed by atoms with Crippen LogP contribution in [0.3, 0.4) is 0 Å². The van der Waals surface area contributed by atoms with Crippen LogP contribution in [0.1, 0.15) is 51.4 Å². The van der Waals surface area contributed by atoms with Crippen molar-refractivity contribution in [1.29, 1.82) is 0 Å². The second-order valence-corrected chi connectivity index (χ2v) is 9.22. The van der Waals surface area contributed by atoms with Gasteiger partial charge in [-0.05, 0) is 44.9 Å². The van der Waals surface area contributed by atoms with Crippen LogP contribution in [-0.4, -0.2) is 32.8 Å². The van der Waals surface area contributed by atoms with E-state index < -0.39 is 3.79 Å². The number of rotatable bonds is 4. The van der Waals surface area contributed by atoms with Crippen molar-refractivity contribution in [1.82, 2.24) is 5.06 Å². The van der Waals surface area contributed by atoms with Crippen molar-refractivity contribution >= 4 is 41.1 Å². The molecule has 0 aromatic rings. The Morgan fingerprint density at radius 2 is 1.91 bits per heavy atom. The number of hydroxylamine groups is 2. The van der Waals surface area contributed by atoms with Crippen molar-refractivity contribution in [2.24, 2.45) is 5.92 Å². The summed E-state index contributed by atoms with van der Waals surface area (Å²) < 4.78 is -1.23. The van der Waals surface area contributed by atoms with E-state index in [2.05, 4.69) is 11.1 Å². The molecule has 2 saturated heterocycles. The van der Waals surface area contributed by atoms with Gasteiger partial charge in [0.05, 0.1) is 17.6 Å². The van der Waals surface area contributed by atoms with Crippen molar-refractivity contribution < 1.29 is 9.63 Å². The highest BCUT2D eigenvalue weighted by Gasteiger charge is 2.59. The summed E-state index contributed by atoms with van der Waals surface area (Å²) in [5.41, 5.74) is -0.0589. The molecule has 6 heteroatoms. The lowest BCUT2D eigenvalue weighted by atomic mass is 9.68. The van der Waals surface area contributed by atoms with Gasteiger partial charge in [-0.2, -0.15) is 5.06 Å². The zero-order valence-electron chi connectivity index (χ0n) is 12.5. The molecular weight excluding hydrogens is 345 g/mol. The lowest BCUT2D eigenvalue weighted by Gasteiger charge is -2.47. The third-order valence-electron chi connectivity index (χ3n) is 5.36. The van der Waals surface area contributed by atoms with E-state index in [9.17, 15) is 4.79 Å². The summed E-state index contributed by atoms with van der Waals surface area (Å²) in [5, 5.41) is 2.17. The van der Waals surface area contributed by atoms with E-state index in [4.69, 9.17) is 39.6 Å². The molecule has 0 aromatic heterocycles. The highest BCUT2D eigenvalue weighted by molar-refractivity contribution is 6.67. The Balaban J connectivity index is 1.68. The van der Waals surface area contributed by atoms with Crippen LogP contribution in [0, 0.1) is 5.92 Å². The summed E-state index contributed by atoms with van der Waals surface area (Å²) in [4.78, 5) is 17.8. The first-order valence-electron chi connectivity index (χ1n) is 8.09. The second-order valence-electron chi connectivity index (χ2n) is 6.70. The topological polar surface area (TPSA) is 29.5 Å². The first kappa shape index (κ1) is 17.0. The van der Waals surface area contributed by atoms with Crippen molar-refractivity contribution in [2.45, 2.75) is 72.8 Å². The van der Waals surface area contributed by atoms with Gasteiger partial charge in [0, 0.05) is 12.5 Å². The molecule has 2 bridgehead atoms. The summed E-state index contributed by atoms with van der Waals surface area (Å²) in [6, 6.07) is 0.325. The standard InChI is InChI=1S/C16H22Cl3NO2/c17-16(18,19)10-2-1-5-12-6-3-8-15-9-4-7-14(13(15)11-21)22-20(12)15/h1-2,11-14H,3-10H2/b2-1-/t12-,13-,14+,15-/m1/s1. The highest BCUT2D eigenvalue weighted by atomic mass is 35.6.